The SMILES string of the molecule is C=C1C=C[C](C(C)C)C=C1.CC(C)c1cccc(C(C)C)c1-c1[c]c(-c2c(C(C)C)cccc2C(C)C)ccc1.CC(C)c1cccc(C(C)C)c1-c1[c]c(-c2c(C(C)C)cccc2C(C)C)ccc1.[HH].[HH].[HH].[Sn].[Sn]. The molecule has 2 heteroatoms. The maximum absolute atomic E-state index is 3.86. The van der Waals surface area contributed by atoms with Crippen molar-refractivity contribution in [2.24, 2.45) is 5.92 Å². The summed E-state index contributed by atoms with van der Waals surface area (Å²) in [5.74, 6) is 5.82. The van der Waals surface area contributed by atoms with Gasteiger partial charge in [-0.1, -0.05) is 265 Å². The van der Waals surface area contributed by atoms with Gasteiger partial charge >= 0.3 is 0 Å². The first-order chi connectivity index (χ1) is 33.1. The summed E-state index contributed by atoms with van der Waals surface area (Å²) in [6.45, 7) is 44.8. The Kier molecular flexibility index (Phi) is 24.9. The topological polar surface area (TPSA) is 0 Å². The van der Waals surface area contributed by atoms with Gasteiger partial charge in [-0.05, 0) is 160 Å². The molecule has 0 N–H and O–H groups in total. The van der Waals surface area contributed by atoms with Crippen LogP contribution in [0.4, 0.5) is 0 Å². The normalized spacial score (nSPS) is 12.5. The van der Waals surface area contributed by atoms with Gasteiger partial charge in [0.25, 0.3) is 0 Å². The van der Waals surface area contributed by atoms with Crippen LogP contribution in [-0.4, -0.2) is 47.8 Å². The molecular formula is C70H93Sn2. The largest absolute Gasteiger partial charge is 0.0918 e. The summed E-state index contributed by atoms with van der Waals surface area (Å²) in [5, 5.41) is 0. The van der Waals surface area contributed by atoms with Gasteiger partial charge in [-0.15, -0.1) is 0 Å². The van der Waals surface area contributed by atoms with E-state index in [0.29, 0.717) is 53.3 Å². The second kappa shape index (κ2) is 28.7. The monoisotopic (exact) mass is 1170 g/mol. The van der Waals surface area contributed by atoms with E-state index in [2.05, 4.69) is 277 Å². The zero-order valence-corrected chi connectivity index (χ0v) is 53.3. The predicted molar refractivity (Wildman–Crippen MR) is 328 cm³/mol. The Balaban J connectivity index is 0.00000117. The zero-order valence-electron chi connectivity index (χ0n) is 47.6. The minimum Gasteiger partial charge on any atom is -0.0918 e. The fourth-order valence-electron chi connectivity index (χ4n) is 9.87. The van der Waals surface area contributed by atoms with Gasteiger partial charge in [0.2, 0.25) is 0 Å². The molecule has 7 rings (SSSR count). The molecule has 0 aromatic heterocycles. The second-order valence-corrected chi connectivity index (χ2v) is 22.3. The first-order valence-electron chi connectivity index (χ1n) is 26.6. The Labute approximate surface area is 479 Å². The third-order valence-electron chi connectivity index (χ3n) is 13.8. The van der Waals surface area contributed by atoms with Gasteiger partial charge in [0.1, 0.15) is 0 Å². The molecule has 0 bridgehead atoms. The first kappa shape index (κ1) is 62.4. The van der Waals surface area contributed by atoms with Gasteiger partial charge in [0.15, 0.2) is 0 Å². The summed E-state index contributed by atoms with van der Waals surface area (Å²) >= 11 is 0. The summed E-state index contributed by atoms with van der Waals surface area (Å²) in [7, 11) is 0. The van der Waals surface area contributed by atoms with Crippen LogP contribution in [0.25, 0.3) is 44.5 Å². The minimum atomic E-state index is 0. The van der Waals surface area contributed by atoms with Crippen molar-refractivity contribution in [2.75, 3.05) is 0 Å². The van der Waals surface area contributed by atoms with Crippen molar-refractivity contribution < 1.29 is 4.28 Å². The Bertz CT molecular complexity index is 2300. The zero-order chi connectivity index (χ0) is 51.6. The Morgan fingerprint density at radius 3 is 0.625 bits per heavy atom. The van der Waals surface area contributed by atoms with E-state index in [1.165, 1.54) is 94.9 Å². The quantitative estimate of drug-likeness (QED) is 0.101. The molecule has 0 aliphatic heterocycles. The first-order valence-corrected chi connectivity index (χ1v) is 26.6. The summed E-state index contributed by atoms with van der Waals surface area (Å²) < 4.78 is 0. The number of hydrogen-bond acceptors (Lipinski definition) is 0. The fraction of sp³-hybridized carbons (Fsp3) is 0.386. The van der Waals surface area contributed by atoms with Crippen LogP contribution in [0, 0.1) is 24.0 Å². The summed E-state index contributed by atoms with van der Waals surface area (Å²) in [6.07, 6.45) is 8.37. The van der Waals surface area contributed by atoms with E-state index in [9.17, 15) is 0 Å². The van der Waals surface area contributed by atoms with Crippen molar-refractivity contribution in [2.45, 2.75) is 172 Å². The van der Waals surface area contributed by atoms with Gasteiger partial charge in [0, 0.05) is 58.0 Å². The molecule has 72 heavy (non-hydrogen) atoms. The van der Waals surface area contributed by atoms with E-state index in [1.54, 1.807) is 0 Å². The van der Waals surface area contributed by atoms with Gasteiger partial charge < -0.3 is 0 Å². The van der Waals surface area contributed by atoms with Crippen LogP contribution >= 0.6 is 0 Å². The molecule has 381 valence electrons. The molecule has 0 amide bonds. The molecule has 6 aromatic rings. The van der Waals surface area contributed by atoms with Crippen molar-refractivity contribution in [1.82, 2.24) is 0 Å². The molecule has 0 saturated heterocycles. The molecule has 0 saturated carbocycles. The van der Waals surface area contributed by atoms with Crippen LogP contribution in [0.1, 0.15) is 221 Å². The van der Waals surface area contributed by atoms with E-state index in [4.69, 9.17) is 0 Å². The summed E-state index contributed by atoms with van der Waals surface area (Å²) in [4.78, 5) is 0. The van der Waals surface area contributed by atoms with Crippen molar-refractivity contribution >= 4 is 47.8 Å². The molecule has 1 aliphatic carbocycles. The van der Waals surface area contributed by atoms with E-state index < -0.39 is 0 Å². The van der Waals surface area contributed by atoms with Crippen LogP contribution < -0.4 is 0 Å². The van der Waals surface area contributed by atoms with Gasteiger partial charge in [0.05, 0.1) is 0 Å². The van der Waals surface area contributed by atoms with Crippen LogP contribution in [0.15, 0.2) is 146 Å². The molecule has 0 atom stereocenters. The van der Waals surface area contributed by atoms with Crippen LogP contribution in [0.3, 0.4) is 0 Å². The van der Waals surface area contributed by atoms with Crippen molar-refractivity contribution in [1.29, 1.82) is 0 Å². The molecule has 0 heterocycles. The van der Waals surface area contributed by atoms with E-state index in [1.807, 2.05) is 0 Å². The average Bonchev–Trinajstić information content (AvgIpc) is 3.33. The molecule has 6 aromatic carbocycles. The smallest absolute Gasteiger partial charge is 0.0219 e. The minimum absolute atomic E-state index is 0. The van der Waals surface area contributed by atoms with Gasteiger partial charge in [-0.25, -0.2) is 0 Å². The van der Waals surface area contributed by atoms with Crippen LogP contribution in [0.2, 0.25) is 0 Å². The Morgan fingerprint density at radius 1 is 0.278 bits per heavy atom. The van der Waals surface area contributed by atoms with Gasteiger partial charge in [-0.2, -0.15) is 0 Å². The molecule has 0 fully saturated rings. The van der Waals surface area contributed by atoms with Crippen LogP contribution in [0.5, 0.6) is 0 Å². The van der Waals surface area contributed by atoms with Crippen LogP contribution in [-0.2, 0) is 0 Å². The Hall–Kier alpha value is -3.86. The number of rotatable bonds is 13. The second-order valence-electron chi connectivity index (χ2n) is 22.3. The molecule has 1 aliphatic rings. The molecule has 0 unspecified atom stereocenters. The Morgan fingerprint density at radius 2 is 0.458 bits per heavy atom. The predicted octanol–water partition coefficient (Wildman–Crippen LogP) is 21.5. The fourth-order valence-corrected chi connectivity index (χ4v) is 9.87. The molecule has 0 nitrogen and oxygen atoms in total. The maximum Gasteiger partial charge on any atom is 0.0219 e. The molecular weight excluding hydrogens is 1080 g/mol. The standard InChI is InChI=1S/2C30H37.C10H13.2Sn.3H2/c2*1-19(2)25-14-10-15-26(20(3)4)29(25)23-12-9-13-24(18-23)30-27(21(5)6)16-11-17-28(30)22(7)8;1-8(2)10-6-4-9(3)5-7-10;;;;;/h2*9-17,19-22H,1-8H3;4-8H,3H2,1-2H3;;;3*1H. The average molecular weight is 1170 g/mol. The number of benzene rings is 6. The van der Waals surface area contributed by atoms with Crippen molar-refractivity contribution in [3.05, 3.63) is 208 Å². The van der Waals surface area contributed by atoms with Crippen molar-refractivity contribution in [3.63, 3.8) is 0 Å². The molecule has 11 radical (unpaired) electrons. The number of allylic oxidation sites excluding steroid dienone is 5. The van der Waals surface area contributed by atoms with E-state index in [0.717, 1.165) is 5.57 Å². The van der Waals surface area contributed by atoms with Crippen molar-refractivity contribution in [3.8, 4) is 44.5 Å². The molecule has 0 spiro atoms. The summed E-state index contributed by atoms with van der Waals surface area (Å²) in [6, 6.07) is 48.2. The third kappa shape index (κ3) is 15.6. The maximum atomic E-state index is 3.86. The van der Waals surface area contributed by atoms with E-state index in [-0.39, 0.29) is 52.1 Å². The summed E-state index contributed by atoms with van der Waals surface area (Å²) in [5.41, 5.74) is 22.7. The van der Waals surface area contributed by atoms with E-state index >= 15 is 0 Å². The third-order valence-corrected chi connectivity index (χ3v) is 13.8. The van der Waals surface area contributed by atoms with Gasteiger partial charge in [-0.3, -0.25) is 0 Å². The number of hydrogen-bond donors (Lipinski definition) is 0.